The number of hydrogen-bond donors (Lipinski definition) is 1. The van der Waals surface area contributed by atoms with Crippen molar-refractivity contribution in [2.75, 3.05) is 6.54 Å². The Hall–Kier alpha value is -2.26. The zero-order chi connectivity index (χ0) is 12.0. The first-order valence-corrected chi connectivity index (χ1v) is 4.66. The van der Waals surface area contributed by atoms with Gasteiger partial charge in [0.05, 0.1) is 5.56 Å². The molecule has 1 aromatic carbocycles. The number of benzene rings is 1. The molecule has 0 amide bonds. The van der Waals surface area contributed by atoms with Crippen molar-refractivity contribution < 1.29 is 9.90 Å². The van der Waals surface area contributed by atoms with Gasteiger partial charge in [-0.25, -0.2) is 4.79 Å². The van der Waals surface area contributed by atoms with Crippen LogP contribution in [0.1, 0.15) is 21.5 Å². The van der Waals surface area contributed by atoms with Gasteiger partial charge in [-0.3, -0.25) is 0 Å². The monoisotopic (exact) mass is 217 g/mol. The molecular formula is C11H11N3O2. The van der Waals surface area contributed by atoms with Crippen LogP contribution < -0.4 is 0 Å². The van der Waals surface area contributed by atoms with Gasteiger partial charge < -0.3 is 5.11 Å². The van der Waals surface area contributed by atoms with Crippen molar-refractivity contribution in [3.8, 4) is 0 Å². The molecular weight excluding hydrogens is 206 g/mol. The van der Waals surface area contributed by atoms with Gasteiger partial charge in [-0.1, -0.05) is 35.0 Å². The highest BCUT2D eigenvalue weighted by atomic mass is 16.4. The van der Waals surface area contributed by atoms with Gasteiger partial charge >= 0.3 is 5.97 Å². The van der Waals surface area contributed by atoms with Crippen molar-refractivity contribution in [2.24, 2.45) is 5.11 Å². The second-order valence-corrected chi connectivity index (χ2v) is 3.21. The average molecular weight is 217 g/mol. The van der Waals surface area contributed by atoms with Crippen LogP contribution in [0.15, 0.2) is 29.4 Å². The summed E-state index contributed by atoms with van der Waals surface area (Å²) in [7, 11) is 0. The van der Waals surface area contributed by atoms with Crippen LogP contribution in [0.2, 0.25) is 0 Å². The summed E-state index contributed by atoms with van der Waals surface area (Å²) in [6.45, 7) is 2.10. The first kappa shape index (κ1) is 11.8. The lowest BCUT2D eigenvalue weighted by Gasteiger charge is -2.02. The Morgan fingerprint density at radius 3 is 3.00 bits per heavy atom. The van der Waals surface area contributed by atoms with E-state index in [1.54, 1.807) is 30.4 Å². The molecule has 0 aliphatic carbocycles. The summed E-state index contributed by atoms with van der Waals surface area (Å²) in [5, 5.41) is 12.3. The van der Waals surface area contributed by atoms with Crippen molar-refractivity contribution in [3.63, 3.8) is 0 Å². The van der Waals surface area contributed by atoms with Crippen LogP contribution >= 0.6 is 0 Å². The van der Waals surface area contributed by atoms with Crippen LogP contribution in [-0.4, -0.2) is 17.6 Å². The maximum Gasteiger partial charge on any atom is 0.336 e. The number of azide groups is 1. The van der Waals surface area contributed by atoms with Crippen LogP contribution in [0.4, 0.5) is 0 Å². The Morgan fingerprint density at radius 2 is 2.38 bits per heavy atom. The molecule has 1 N–H and O–H groups in total. The van der Waals surface area contributed by atoms with Gasteiger partial charge in [-0.15, -0.1) is 0 Å². The van der Waals surface area contributed by atoms with E-state index in [0.29, 0.717) is 5.56 Å². The molecule has 16 heavy (non-hydrogen) atoms. The predicted molar refractivity (Wildman–Crippen MR) is 61.2 cm³/mol. The maximum atomic E-state index is 10.9. The molecule has 0 aliphatic rings. The van der Waals surface area contributed by atoms with Gasteiger partial charge in [0.25, 0.3) is 0 Å². The number of carboxylic acids is 1. The Bertz CT molecular complexity index is 474. The zero-order valence-corrected chi connectivity index (χ0v) is 8.79. The molecule has 0 aromatic heterocycles. The van der Waals surface area contributed by atoms with Crippen LogP contribution in [-0.2, 0) is 0 Å². The zero-order valence-electron chi connectivity index (χ0n) is 8.79. The van der Waals surface area contributed by atoms with Gasteiger partial charge in [0.15, 0.2) is 0 Å². The minimum Gasteiger partial charge on any atom is -0.478 e. The van der Waals surface area contributed by atoms with Crippen molar-refractivity contribution in [1.29, 1.82) is 0 Å². The van der Waals surface area contributed by atoms with Gasteiger partial charge in [0.1, 0.15) is 0 Å². The summed E-state index contributed by atoms with van der Waals surface area (Å²) < 4.78 is 0. The first-order chi connectivity index (χ1) is 7.65. The number of carboxylic acid groups (broad SMARTS) is 1. The third kappa shape index (κ3) is 3.15. The first-order valence-electron chi connectivity index (χ1n) is 4.66. The summed E-state index contributed by atoms with van der Waals surface area (Å²) in [6.07, 6.45) is 3.27. The summed E-state index contributed by atoms with van der Waals surface area (Å²) >= 11 is 0. The fourth-order valence-corrected chi connectivity index (χ4v) is 1.28. The van der Waals surface area contributed by atoms with E-state index in [9.17, 15) is 4.79 Å². The molecule has 0 unspecified atom stereocenters. The normalized spacial score (nSPS) is 10.1. The molecule has 5 nitrogen and oxygen atoms in total. The van der Waals surface area contributed by atoms with Crippen molar-refractivity contribution in [1.82, 2.24) is 0 Å². The molecule has 0 atom stereocenters. The second kappa shape index (κ2) is 5.58. The minimum atomic E-state index is -0.969. The van der Waals surface area contributed by atoms with E-state index in [0.717, 1.165) is 5.56 Å². The second-order valence-electron chi connectivity index (χ2n) is 3.21. The lowest BCUT2D eigenvalue weighted by Crippen LogP contribution is -1.99. The van der Waals surface area contributed by atoms with Crippen LogP contribution in [0.3, 0.4) is 0 Å². The van der Waals surface area contributed by atoms with Gasteiger partial charge in [0, 0.05) is 11.5 Å². The maximum absolute atomic E-state index is 10.9. The molecule has 1 rings (SSSR count). The average Bonchev–Trinajstić information content (AvgIpc) is 2.24. The van der Waals surface area contributed by atoms with E-state index in [1.165, 1.54) is 0 Å². The molecule has 5 heteroatoms. The number of hydrogen-bond acceptors (Lipinski definition) is 2. The Morgan fingerprint density at radius 1 is 1.62 bits per heavy atom. The topological polar surface area (TPSA) is 86.1 Å². The third-order valence-corrected chi connectivity index (χ3v) is 1.99. The molecule has 0 radical (unpaired) electrons. The summed E-state index contributed by atoms with van der Waals surface area (Å²) in [5.74, 6) is -0.969. The molecule has 0 saturated carbocycles. The highest BCUT2D eigenvalue weighted by molar-refractivity contribution is 5.92. The predicted octanol–water partition coefficient (Wildman–Crippen LogP) is 3.02. The Labute approximate surface area is 92.7 Å². The van der Waals surface area contributed by atoms with E-state index < -0.39 is 5.97 Å². The van der Waals surface area contributed by atoms with Gasteiger partial charge in [0.2, 0.25) is 0 Å². The van der Waals surface area contributed by atoms with Crippen molar-refractivity contribution >= 4 is 12.0 Å². The number of carbonyl (C=O) groups is 1. The lowest BCUT2D eigenvalue weighted by molar-refractivity contribution is 0.0696. The Kier molecular flexibility index (Phi) is 4.12. The molecule has 0 heterocycles. The highest BCUT2D eigenvalue weighted by Crippen LogP contribution is 2.13. The highest BCUT2D eigenvalue weighted by Gasteiger charge is 2.06. The van der Waals surface area contributed by atoms with Gasteiger partial charge in [-0.2, -0.15) is 0 Å². The van der Waals surface area contributed by atoms with Crippen LogP contribution in [0.5, 0.6) is 0 Å². The standard InChI is InChI=1S/C11H11N3O2/c1-8-4-5-10(11(15)16)9(7-8)3-2-6-13-14-12/h2-5,7H,6H2,1H3,(H,15,16). The van der Waals surface area contributed by atoms with E-state index >= 15 is 0 Å². The molecule has 82 valence electrons. The van der Waals surface area contributed by atoms with Gasteiger partial charge in [-0.05, 0) is 24.1 Å². The van der Waals surface area contributed by atoms with Crippen molar-refractivity contribution in [2.45, 2.75) is 6.92 Å². The van der Waals surface area contributed by atoms with E-state index in [2.05, 4.69) is 10.0 Å². The minimum absolute atomic E-state index is 0.212. The SMILES string of the molecule is Cc1ccc(C(=O)O)c(C=CCN=[N+]=[N-])c1. The molecule has 1 aromatic rings. The summed E-state index contributed by atoms with van der Waals surface area (Å²) in [5.41, 5.74) is 9.91. The van der Waals surface area contributed by atoms with Crippen molar-refractivity contribution in [3.05, 3.63) is 51.4 Å². The van der Waals surface area contributed by atoms with E-state index in [4.69, 9.17) is 10.6 Å². The number of rotatable bonds is 4. The van der Waals surface area contributed by atoms with Crippen LogP contribution in [0, 0.1) is 6.92 Å². The summed E-state index contributed by atoms with van der Waals surface area (Å²) in [4.78, 5) is 13.5. The summed E-state index contributed by atoms with van der Waals surface area (Å²) in [6, 6.07) is 5.08. The fourth-order valence-electron chi connectivity index (χ4n) is 1.28. The number of nitrogens with zero attached hydrogens (tertiary/aromatic N) is 3. The third-order valence-electron chi connectivity index (χ3n) is 1.99. The molecule has 0 spiro atoms. The molecule has 0 fully saturated rings. The quantitative estimate of drug-likeness (QED) is 0.477. The molecule has 0 bridgehead atoms. The molecule has 0 aliphatic heterocycles. The van der Waals surface area contributed by atoms with Crippen LogP contribution in [0.25, 0.3) is 16.5 Å². The van der Waals surface area contributed by atoms with E-state index in [1.807, 2.05) is 6.92 Å². The number of aromatic carboxylic acids is 1. The number of aryl methyl sites for hydroxylation is 1. The smallest absolute Gasteiger partial charge is 0.336 e. The Balaban J connectivity index is 3.00. The van der Waals surface area contributed by atoms with E-state index in [-0.39, 0.29) is 12.1 Å². The fraction of sp³-hybridized carbons (Fsp3) is 0.182. The largest absolute Gasteiger partial charge is 0.478 e. The lowest BCUT2D eigenvalue weighted by atomic mass is 10.0. The molecule has 0 saturated heterocycles.